The molecule has 2 aromatic carbocycles. The normalized spacial score (nSPS) is 10.6. The maximum Gasteiger partial charge on any atom is 0.204 e. The molecular weight excluding hydrogens is 387 g/mol. The average Bonchev–Trinajstić information content (AvgIpc) is 2.64. The van der Waals surface area contributed by atoms with E-state index in [0.717, 1.165) is 19.3 Å². The van der Waals surface area contributed by atoms with E-state index in [1.54, 1.807) is 31.4 Å². The summed E-state index contributed by atoms with van der Waals surface area (Å²) in [4.78, 5) is 13.3. The summed E-state index contributed by atoms with van der Waals surface area (Å²) in [7, 11) is 3.06. The van der Waals surface area contributed by atoms with Crippen molar-refractivity contribution in [2.75, 3.05) is 20.8 Å². The van der Waals surface area contributed by atoms with Crippen LogP contribution >= 0.6 is 23.2 Å². The molecule has 4 nitrogen and oxygen atoms in total. The molecule has 146 valence electrons. The largest absolute Gasteiger partial charge is 0.493 e. The number of hydrogen-bond donors (Lipinski definition) is 0. The molecule has 0 aromatic heterocycles. The first kappa shape index (κ1) is 21.4. The van der Waals surface area contributed by atoms with Crippen molar-refractivity contribution < 1.29 is 19.0 Å². The Balaban J connectivity index is 2.61. The monoisotopic (exact) mass is 410 g/mol. The zero-order chi connectivity index (χ0) is 20.0. The Hall–Kier alpha value is -1.91. The Morgan fingerprint density at radius 3 is 2.22 bits per heavy atom. The highest BCUT2D eigenvalue weighted by Crippen LogP contribution is 2.44. The topological polar surface area (TPSA) is 44.8 Å². The van der Waals surface area contributed by atoms with Crippen molar-refractivity contribution in [3.05, 3.63) is 51.0 Å². The van der Waals surface area contributed by atoms with Crippen LogP contribution in [0.3, 0.4) is 0 Å². The van der Waals surface area contributed by atoms with Gasteiger partial charge in [-0.1, -0.05) is 49.0 Å². The van der Waals surface area contributed by atoms with Gasteiger partial charge in [0.25, 0.3) is 0 Å². The van der Waals surface area contributed by atoms with Gasteiger partial charge in [0.2, 0.25) is 5.75 Å². The molecule has 6 heteroatoms. The molecule has 0 amide bonds. The van der Waals surface area contributed by atoms with Crippen molar-refractivity contribution in [2.45, 2.75) is 33.1 Å². The van der Waals surface area contributed by atoms with Crippen LogP contribution in [0, 0.1) is 6.92 Å². The quantitative estimate of drug-likeness (QED) is 0.368. The van der Waals surface area contributed by atoms with E-state index in [9.17, 15) is 4.79 Å². The maximum atomic E-state index is 13.3. The molecule has 27 heavy (non-hydrogen) atoms. The average molecular weight is 411 g/mol. The van der Waals surface area contributed by atoms with Crippen LogP contribution in [0.2, 0.25) is 10.0 Å². The highest BCUT2D eigenvalue weighted by Gasteiger charge is 2.27. The first-order valence-corrected chi connectivity index (χ1v) is 9.58. The summed E-state index contributed by atoms with van der Waals surface area (Å²) in [6, 6.07) is 6.72. The fraction of sp³-hybridized carbons (Fsp3) is 0.381. The number of aryl methyl sites for hydroxylation is 1. The lowest BCUT2D eigenvalue weighted by Gasteiger charge is -2.19. The third kappa shape index (κ3) is 4.69. The van der Waals surface area contributed by atoms with Crippen LogP contribution in [0.5, 0.6) is 17.2 Å². The van der Waals surface area contributed by atoms with E-state index < -0.39 is 0 Å². The molecule has 0 aliphatic carbocycles. The fourth-order valence-corrected chi connectivity index (χ4v) is 3.44. The maximum absolute atomic E-state index is 13.3. The predicted molar refractivity (Wildman–Crippen MR) is 109 cm³/mol. The molecule has 0 aliphatic rings. The SMILES string of the molecule is CCCCCOc1c(OC)c(OC)cc(C)c1C(=O)c1c(Cl)cccc1Cl. The molecule has 2 rings (SSSR count). The number of ether oxygens (including phenoxy) is 3. The van der Waals surface area contributed by atoms with E-state index >= 15 is 0 Å². The van der Waals surface area contributed by atoms with Crippen molar-refractivity contribution in [3.8, 4) is 17.2 Å². The third-order valence-electron chi connectivity index (χ3n) is 4.23. The third-order valence-corrected chi connectivity index (χ3v) is 4.86. The Kier molecular flexibility index (Phi) is 7.81. The number of hydrogen-bond acceptors (Lipinski definition) is 4. The Bertz CT molecular complexity index is 798. The second kappa shape index (κ2) is 9.86. The standard InChI is InChI=1S/C21H24Cl2O4/c1-5-6-7-11-27-21-17(13(2)12-16(25-3)20(21)26-4)19(24)18-14(22)9-8-10-15(18)23/h8-10,12H,5-7,11H2,1-4H3. The molecule has 0 saturated heterocycles. The number of halogens is 2. The molecule has 0 heterocycles. The van der Waals surface area contributed by atoms with E-state index in [2.05, 4.69) is 6.92 Å². The van der Waals surface area contributed by atoms with Crippen molar-refractivity contribution in [1.82, 2.24) is 0 Å². The van der Waals surface area contributed by atoms with Gasteiger partial charge in [0.15, 0.2) is 17.3 Å². The Morgan fingerprint density at radius 1 is 1.00 bits per heavy atom. The summed E-state index contributed by atoms with van der Waals surface area (Å²) < 4.78 is 16.9. The van der Waals surface area contributed by atoms with Crippen LogP contribution in [-0.4, -0.2) is 26.6 Å². The molecule has 0 radical (unpaired) electrons. The van der Waals surface area contributed by atoms with E-state index in [0.29, 0.717) is 45.0 Å². The van der Waals surface area contributed by atoms with Gasteiger partial charge in [-0.25, -0.2) is 0 Å². The van der Waals surface area contributed by atoms with Crippen molar-refractivity contribution in [3.63, 3.8) is 0 Å². The van der Waals surface area contributed by atoms with Gasteiger partial charge in [-0.15, -0.1) is 0 Å². The molecule has 0 N–H and O–H groups in total. The summed E-state index contributed by atoms with van der Waals surface area (Å²) in [5.74, 6) is 0.925. The molecule has 2 aromatic rings. The number of ketones is 1. The van der Waals surface area contributed by atoms with Crippen LogP contribution < -0.4 is 14.2 Å². The van der Waals surface area contributed by atoms with Gasteiger partial charge in [0.05, 0.1) is 42.0 Å². The van der Waals surface area contributed by atoms with Gasteiger partial charge in [-0.2, -0.15) is 0 Å². The van der Waals surface area contributed by atoms with E-state index in [4.69, 9.17) is 37.4 Å². The minimum Gasteiger partial charge on any atom is -0.493 e. The smallest absolute Gasteiger partial charge is 0.204 e. The van der Waals surface area contributed by atoms with Gasteiger partial charge in [0.1, 0.15) is 0 Å². The first-order chi connectivity index (χ1) is 13.0. The zero-order valence-corrected chi connectivity index (χ0v) is 17.5. The highest BCUT2D eigenvalue weighted by atomic mass is 35.5. The molecule has 0 fully saturated rings. The highest BCUT2D eigenvalue weighted by molar-refractivity contribution is 6.41. The summed E-state index contributed by atoms with van der Waals surface area (Å²) in [6.45, 7) is 4.40. The molecule has 0 bridgehead atoms. The summed E-state index contributed by atoms with van der Waals surface area (Å²) in [5.41, 5.74) is 1.31. The summed E-state index contributed by atoms with van der Waals surface area (Å²) in [6.07, 6.45) is 2.97. The Labute approximate surface area is 170 Å². The van der Waals surface area contributed by atoms with Crippen LogP contribution in [0.1, 0.15) is 47.7 Å². The summed E-state index contributed by atoms with van der Waals surface area (Å²) >= 11 is 12.5. The lowest BCUT2D eigenvalue weighted by atomic mass is 9.96. The van der Waals surface area contributed by atoms with Gasteiger partial charge in [-0.05, 0) is 37.1 Å². The minimum atomic E-state index is -0.311. The first-order valence-electron chi connectivity index (χ1n) is 8.83. The Morgan fingerprint density at radius 2 is 1.67 bits per heavy atom. The molecule has 0 aliphatic heterocycles. The van der Waals surface area contributed by atoms with Gasteiger partial charge in [-0.3, -0.25) is 4.79 Å². The van der Waals surface area contributed by atoms with Crippen LogP contribution in [-0.2, 0) is 0 Å². The molecule has 0 spiro atoms. The number of carbonyl (C=O) groups is 1. The molecule has 0 atom stereocenters. The number of benzene rings is 2. The van der Waals surface area contributed by atoms with Crippen LogP contribution in [0.15, 0.2) is 24.3 Å². The van der Waals surface area contributed by atoms with Crippen molar-refractivity contribution in [1.29, 1.82) is 0 Å². The van der Waals surface area contributed by atoms with Crippen LogP contribution in [0.4, 0.5) is 0 Å². The number of carbonyl (C=O) groups excluding carboxylic acids is 1. The van der Waals surface area contributed by atoms with Crippen molar-refractivity contribution in [2.24, 2.45) is 0 Å². The number of unbranched alkanes of at least 4 members (excludes halogenated alkanes) is 2. The fourth-order valence-electron chi connectivity index (χ4n) is 2.87. The molecular formula is C21H24Cl2O4. The minimum absolute atomic E-state index is 0.245. The number of rotatable bonds is 9. The molecule has 0 saturated carbocycles. The van der Waals surface area contributed by atoms with E-state index in [-0.39, 0.29) is 11.3 Å². The zero-order valence-electron chi connectivity index (χ0n) is 16.0. The lowest BCUT2D eigenvalue weighted by molar-refractivity contribution is 0.103. The lowest BCUT2D eigenvalue weighted by Crippen LogP contribution is -2.11. The van der Waals surface area contributed by atoms with E-state index in [1.807, 2.05) is 6.92 Å². The summed E-state index contributed by atoms with van der Waals surface area (Å²) in [5, 5.41) is 0.581. The molecule has 0 unspecified atom stereocenters. The van der Waals surface area contributed by atoms with Crippen molar-refractivity contribution >= 4 is 29.0 Å². The van der Waals surface area contributed by atoms with Gasteiger partial charge >= 0.3 is 0 Å². The second-order valence-electron chi connectivity index (χ2n) is 6.11. The number of methoxy groups -OCH3 is 2. The predicted octanol–water partition coefficient (Wildman–Crippen LogP) is 6.12. The van der Waals surface area contributed by atoms with Gasteiger partial charge in [0, 0.05) is 0 Å². The van der Waals surface area contributed by atoms with E-state index in [1.165, 1.54) is 7.11 Å². The van der Waals surface area contributed by atoms with Gasteiger partial charge < -0.3 is 14.2 Å². The second-order valence-corrected chi connectivity index (χ2v) is 6.93. The van der Waals surface area contributed by atoms with Crippen LogP contribution in [0.25, 0.3) is 0 Å².